The molecule has 144 valence electrons. The Morgan fingerprint density at radius 2 is 1.93 bits per heavy atom. The molecule has 1 saturated heterocycles. The van der Waals surface area contributed by atoms with E-state index in [1.54, 1.807) is 7.11 Å². The van der Waals surface area contributed by atoms with E-state index in [0.29, 0.717) is 13.0 Å². The monoisotopic (exact) mass is 368 g/mol. The van der Waals surface area contributed by atoms with E-state index in [1.807, 2.05) is 54.4 Å². The molecule has 1 N–H and O–H groups in total. The number of rotatable bonds is 7. The average molecular weight is 368 g/mol. The number of β-amino-alcohol motifs (C(OH)–C–C–N with tert-alkyl or cyclic N) is 1. The summed E-state index contributed by atoms with van der Waals surface area (Å²) in [5, 5.41) is 9.84. The third-order valence-electron chi connectivity index (χ3n) is 5.24. The Balaban J connectivity index is 1.72. The molecule has 1 aliphatic heterocycles. The number of nitrogens with zero attached hydrogens (tertiary/aromatic N) is 2. The van der Waals surface area contributed by atoms with Crippen LogP contribution < -0.4 is 4.74 Å². The normalized spacial score (nSPS) is 18.3. The Morgan fingerprint density at radius 1 is 1.22 bits per heavy atom. The Labute approximate surface area is 161 Å². The lowest BCUT2D eigenvalue weighted by molar-refractivity contribution is -0.131. The second-order valence-electron chi connectivity index (χ2n) is 7.16. The van der Waals surface area contributed by atoms with E-state index in [9.17, 15) is 9.90 Å². The maximum absolute atomic E-state index is 12.9. The second-order valence-corrected chi connectivity index (χ2v) is 7.16. The summed E-state index contributed by atoms with van der Waals surface area (Å²) in [6, 6.07) is 17.7. The van der Waals surface area contributed by atoms with E-state index in [2.05, 4.69) is 17.0 Å². The maximum Gasteiger partial charge on any atom is 0.227 e. The number of aliphatic hydroxyl groups is 1. The van der Waals surface area contributed by atoms with Gasteiger partial charge in [-0.25, -0.2) is 0 Å². The lowest BCUT2D eigenvalue weighted by Crippen LogP contribution is -2.39. The molecule has 1 aliphatic rings. The first-order chi connectivity index (χ1) is 13.1. The Hall–Kier alpha value is -2.37. The summed E-state index contributed by atoms with van der Waals surface area (Å²) in [6.07, 6.45) is 0.888. The lowest BCUT2D eigenvalue weighted by Gasteiger charge is -2.32. The molecule has 2 aromatic rings. The van der Waals surface area contributed by atoms with Gasteiger partial charge in [-0.2, -0.15) is 0 Å². The fraction of sp³-hybridized carbons (Fsp3) is 0.409. The molecule has 1 amide bonds. The molecule has 2 aromatic carbocycles. The van der Waals surface area contributed by atoms with Gasteiger partial charge in [-0.05, 0) is 29.7 Å². The lowest BCUT2D eigenvalue weighted by atomic mass is 10.0. The summed E-state index contributed by atoms with van der Waals surface area (Å²) in [6.45, 7) is 2.26. The standard InChI is InChI=1S/C22H28N2O3/c1-23(22(26)14-17-8-10-20(27-2)11-9-17)21(18-6-4-3-5-7-18)16-24-13-12-19(25)15-24/h3-11,19,21,25H,12-16H2,1-2H3. The van der Waals surface area contributed by atoms with Crippen LogP contribution in [0.15, 0.2) is 54.6 Å². The summed E-state index contributed by atoms with van der Waals surface area (Å²) in [5.41, 5.74) is 2.08. The first-order valence-corrected chi connectivity index (χ1v) is 9.40. The van der Waals surface area contributed by atoms with Crippen LogP contribution in [-0.4, -0.2) is 60.7 Å². The van der Waals surface area contributed by atoms with Crippen LogP contribution in [0.3, 0.4) is 0 Å². The van der Waals surface area contributed by atoms with Gasteiger partial charge in [0.25, 0.3) is 0 Å². The number of methoxy groups -OCH3 is 1. The number of amides is 1. The van der Waals surface area contributed by atoms with Crippen LogP contribution >= 0.6 is 0 Å². The van der Waals surface area contributed by atoms with Crippen molar-refractivity contribution in [2.75, 3.05) is 33.8 Å². The Bertz CT molecular complexity index is 733. The highest BCUT2D eigenvalue weighted by atomic mass is 16.5. The van der Waals surface area contributed by atoms with Crippen LogP contribution in [0, 0.1) is 0 Å². The minimum absolute atomic E-state index is 0.0396. The predicted molar refractivity (Wildman–Crippen MR) is 106 cm³/mol. The molecule has 3 rings (SSSR count). The first kappa shape index (κ1) is 19.4. The van der Waals surface area contributed by atoms with Gasteiger partial charge in [0, 0.05) is 26.7 Å². The minimum Gasteiger partial charge on any atom is -0.497 e. The van der Waals surface area contributed by atoms with Crippen molar-refractivity contribution in [3.05, 3.63) is 65.7 Å². The third kappa shape index (κ3) is 5.08. The number of carbonyl (C=O) groups excluding carboxylic acids is 1. The number of likely N-dealkylation sites (N-methyl/N-ethyl adjacent to an activating group) is 1. The number of aliphatic hydroxyl groups excluding tert-OH is 1. The van der Waals surface area contributed by atoms with Crippen LogP contribution in [0.1, 0.15) is 23.6 Å². The van der Waals surface area contributed by atoms with Gasteiger partial charge >= 0.3 is 0 Å². The maximum atomic E-state index is 12.9. The average Bonchev–Trinajstić information content (AvgIpc) is 3.11. The highest BCUT2D eigenvalue weighted by molar-refractivity contribution is 5.79. The summed E-state index contributed by atoms with van der Waals surface area (Å²) in [5.74, 6) is 0.864. The largest absolute Gasteiger partial charge is 0.497 e. The molecule has 1 fully saturated rings. The number of likely N-dealkylation sites (tertiary alicyclic amines) is 1. The van der Waals surface area contributed by atoms with E-state index in [4.69, 9.17) is 4.74 Å². The molecule has 1 heterocycles. The predicted octanol–water partition coefficient (Wildman–Crippen LogP) is 2.50. The molecular formula is C22H28N2O3. The van der Waals surface area contributed by atoms with Gasteiger partial charge in [0.2, 0.25) is 5.91 Å². The van der Waals surface area contributed by atoms with Crippen LogP contribution in [-0.2, 0) is 11.2 Å². The van der Waals surface area contributed by atoms with Gasteiger partial charge < -0.3 is 14.7 Å². The van der Waals surface area contributed by atoms with Crippen LogP contribution in [0.25, 0.3) is 0 Å². The summed E-state index contributed by atoms with van der Waals surface area (Å²) in [7, 11) is 3.50. The van der Waals surface area contributed by atoms with Gasteiger partial charge in [-0.15, -0.1) is 0 Å². The Morgan fingerprint density at radius 3 is 2.52 bits per heavy atom. The molecule has 0 spiro atoms. The van der Waals surface area contributed by atoms with Crippen LogP contribution in [0.4, 0.5) is 0 Å². The van der Waals surface area contributed by atoms with E-state index in [1.165, 1.54) is 0 Å². The molecule has 0 bridgehead atoms. The fourth-order valence-electron chi connectivity index (χ4n) is 3.57. The number of hydrogen-bond acceptors (Lipinski definition) is 4. The van der Waals surface area contributed by atoms with Crippen molar-refractivity contribution in [3.63, 3.8) is 0 Å². The number of benzene rings is 2. The van der Waals surface area contributed by atoms with Crippen LogP contribution in [0.5, 0.6) is 5.75 Å². The molecule has 2 unspecified atom stereocenters. The van der Waals surface area contributed by atoms with Crippen molar-refractivity contribution < 1.29 is 14.6 Å². The highest BCUT2D eigenvalue weighted by Crippen LogP contribution is 2.24. The van der Waals surface area contributed by atoms with E-state index in [0.717, 1.165) is 36.4 Å². The quantitative estimate of drug-likeness (QED) is 0.816. The van der Waals surface area contributed by atoms with Gasteiger partial charge in [0.1, 0.15) is 5.75 Å². The topological polar surface area (TPSA) is 53.0 Å². The summed E-state index contributed by atoms with van der Waals surface area (Å²) >= 11 is 0. The van der Waals surface area contributed by atoms with Gasteiger partial charge in [-0.1, -0.05) is 42.5 Å². The van der Waals surface area contributed by atoms with E-state index >= 15 is 0 Å². The molecule has 2 atom stereocenters. The molecule has 0 aliphatic carbocycles. The number of carbonyl (C=O) groups is 1. The van der Waals surface area contributed by atoms with Crippen molar-refractivity contribution in [1.29, 1.82) is 0 Å². The molecule has 5 heteroatoms. The highest BCUT2D eigenvalue weighted by Gasteiger charge is 2.28. The zero-order chi connectivity index (χ0) is 19.2. The SMILES string of the molecule is COc1ccc(CC(=O)N(C)C(CN2CCC(O)C2)c2ccccc2)cc1. The zero-order valence-electron chi connectivity index (χ0n) is 16.0. The molecule has 5 nitrogen and oxygen atoms in total. The summed E-state index contributed by atoms with van der Waals surface area (Å²) in [4.78, 5) is 17.0. The number of hydrogen-bond donors (Lipinski definition) is 1. The fourth-order valence-corrected chi connectivity index (χ4v) is 3.57. The molecule has 0 saturated carbocycles. The summed E-state index contributed by atoms with van der Waals surface area (Å²) < 4.78 is 5.18. The van der Waals surface area contributed by atoms with Gasteiger partial charge in [0.15, 0.2) is 0 Å². The van der Waals surface area contributed by atoms with Crippen molar-refractivity contribution >= 4 is 5.91 Å². The molecule has 27 heavy (non-hydrogen) atoms. The van der Waals surface area contributed by atoms with E-state index in [-0.39, 0.29) is 18.1 Å². The zero-order valence-corrected chi connectivity index (χ0v) is 16.0. The van der Waals surface area contributed by atoms with Crippen molar-refractivity contribution in [1.82, 2.24) is 9.80 Å². The van der Waals surface area contributed by atoms with Crippen LogP contribution in [0.2, 0.25) is 0 Å². The second kappa shape index (κ2) is 9.02. The first-order valence-electron chi connectivity index (χ1n) is 9.40. The molecular weight excluding hydrogens is 340 g/mol. The van der Waals surface area contributed by atoms with Gasteiger partial charge in [-0.3, -0.25) is 9.69 Å². The molecule has 0 aromatic heterocycles. The number of ether oxygens (including phenoxy) is 1. The Kier molecular flexibility index (Phi) is 6.48. The van der Waals surface area contributed by atoms with E-state index < -0.39 is 0 Å². The third-order valence-corrected chi connectivity index (χ3v) is 5.24. The molecule has 0 radical (unpaired) electrons. The van der Waals surface area contributed by atoms with Crippen molar-refractivity contribution in [2.45, 2.75) is 25.0 Å². The minimum atomic E-state index is -0.262. The smallest absolute Gasteiger partial charge is 0.227 e. The van der Waals surface area contributed by atoms with Crippen molar-refractivity contribution in [3.8, 4) is 5.75 Å². The van der Waals surface area contributed by atoms with Crippen molar-refractivity contribution in [2.24, 2.45) is 0 Å². The van der Waals surface area contributed by atoms with Gasteiger partial charge in [0.05, 0.1) is 25.7 Å².